The summed E-state index contributed by atoms with van der Waals surface area (Å²) < 4.78 is 0. The molecule has 0 radical (unpaired) electrons. The monoisotopic (exact) mass is 248 g/mol. The van der Waals surface area contributed by atoms with Crippen LogP contribution in [0.5, 0.6) is 0 Å². The summed E-state index contributed by atoms with van der Waals surface area (Å²) in [6.07, 6.45) is 0.478. The van der Waals surface area contributed by atoms with E-state index in [1.54, 1.807) is 24.3 Å². The molecule has 0 atom stereocenters. The van der Waals surface area contributed by atoms with E-state index in [0.717, 1.165) is 0 Å². The zero-order chi connectivity index (χ0) is 13.5. The average Bonchev–Trinajstić information content (AvgIpc) is 2.28. The Morgan fingerprint density at radius 3 is 2.61 bits per heavy atom. The molecule has 1 aromatic rings. The molecule has 4 heteroatoms. The molecule has 0 spiro atoms. The summed E-state index contributed by atoms with van der Waals surface area (Å²) in [4.78, 5) is 23.3. The molecule has 0 saturated heterocycles. The van der Waals surface area contributed by atoms with Gasteiger partial charge in [-0.2, -0.15) is 0 Å². The zero-order valence-corrected chi connectivity index (χ0v) is 11.1. The van der Waals surface area contributed by atoms with Crippen LogP contribution in [0.25, 0.3) is 0 Å². The maximum absolute atomic E-state index is 11.6. The largest absolute Gasteiger partial charge is 0.352 e. The summed E-state index contributed by atoms with van der Waals surface area (Å²) in [6, 6.07) is 6.95. The number of hydrogen-bond acceptors (Lipinski definition) is 2. The fourth-order valence-corrected chi connectivity index (χ4v) is 1.58. The van der Waals surface area contributed by atoms with Crippen LogP contribution in [0.15, 0.2) is 24.3 Å². The van der Waals surface area contributed by atoms with Gasteiger partial charge >= 0.3 is 0 Å². The standard InChI is InChI=1S/C14H20N2O2/c1-4-15-14(18)11-6-5-7-12(9-11)16-13(17)8-10(2)3/h5-7,9-10H,4,8H2,1-3H3,(H,15,18)(H,16,17). The van der Waals surface area contributed by atoms with Crippen molar-refractivity contribution in [1.82, 2.24) is 5.32 Å². The minimum atomic E-state index is -0.127. The lowest BCUT2D eigenvalue weighted by atomic mass is 10.1. The highest BCUT2D eigenvalue weighted by molar-refractivity contribution is 5.97. The summed E-state index contributed by atoms with van der Waals surface area (Å²) >= 11 is 0. The smallest absolute Gasteiger partial charge is 0.251 e. The van der Waals surface area contributed by atoms with E-state index in [2.05, 4.69) is 10.6 Å². The van der Waals surface area contributed by atoms with Gasteiger partial charge < -0.3 is 10.6 Å². The van der Waals surface area contributed by atoms with Crippen molar-refractivity contribution in [3.05, 3.63) is 29.8 Å². The molecule has 0 aliphatic carbocycles. The third kappa shape index (κ3) is 4.57. The van der Waals surface area contributed by atoms with Gasteiger partial charge in [0.05, 0.1) is 0 Å². The van der Waals surface area contributed by atoms with E-state index in [1.165, 1.54) is 0 Å². The van der Waals surface area contributed by atoms with Crippen LogP contribution in [-0.2, 0) is 4.79 Å². The van der Waals surface area contributed by atoms with E-state index < -0.39 is 0 Å². The summed E-state index contributed by atoms with van der Waals surface area (Å²) in [5, 5.41) is 5.51. The minimum absolute atomic E-state index is 0.0296. The molecule has 1 rings (SSSR count). The molecule has 0 unspecified atom stereocenters. The molecule has 0 heterocycles. The lowest BCUT2D eigenvalue weighted by Crippen LogP contribution is -2.22. The lowest BCUT2D eigenvalue weighted by Gasteiger charge is -2.08. The highest BCUT2D eigenvalue weighted by Gasteiger charge is 2.08. The predicted molar refractivity (Wildman–Crippen MR) is 72.5 cm³/mol. The first-order valence-corrected chi connectivity index (χ1v) is 6.21. The molecule has 2 N–H and O–H groups in total. The van der Waals surface area contributed by atoms with Crippen LogP contribution in [0.2, 0.25) is 0 Å². The summed E-state index contributed by atoms with van der Waals surface area (Å²) in [5.74, 6) is 0.159. The number of anilines is 1. The molecule has 18 heavy (non-hydrogen) atoms. The molecular formula is C14H20N2O2. The molecule has 98 valence electrons. The average molecular weight is 248 g/mol. The first-order chi connectivity index (χ1) is 8.52. The molecule has 0 aromatic heterocycles. The Labute approximate surface area is 108 Å². The third-order valence-corrected chi connectivity index (χ3v) is 2.34. The van der Waals surface area contributed by atoms with Crippen LogP contribution in [-0.4, -0.2) is 18.4 Å². The number of benzene rings is 1. The topological polar surface area (TPSA) is 58.2 Å². The molecule has 0 aliphatic rings. The summed E-state index contributed by atoms with van der Waals surface area (Å²) in [7, 11) is 0. The Balaban J connectivity index is 2.70. The van der Waals surface area contributed by atoms with Crippen molar-refractivity contribution in [3.63, 3.8) is 0 Å². The van der Waals surface area contributed by atoms with Crippen LogP contribution < -0.4 is 10.6 Å². The number of nitrogens with one attached hydrogen (secondary N) is 2. The van der Waals surface area contributed by atoms with Crippen LogP contribution in [0.3, 0.4) is 0 Å². The summed E-state index contributed by atoms with van der Waals surface area (Å²) in [5.41, 5.74) is 1.21. The molecule has 4 nitrogen and oxygen atoms in total. The van der Waals surface area contributed by atoms with E-state index >= 15 is 0 Å². The van der Waals surface area contributed by atoms with Crippen LogP contribution >= 0.6 is 0 Å². The highest BCUT2D eigenvalue weighted by Crippen LogP contribution is 2.12. The van der Waals surface area contributed by atoms with Crippen LogP contribution in [0.1, 0.15) is 37.6 Å². The number of carbonyl (C=O) groups excluding carboxylic acids is 2. The Morgan fingerprint density at radius 2 is 2.00 bits per heavy atom. The van der Waals surface area contributed by atoms with E-state index in [1.807, 2.05) is 20.8 Å². The van der Waals surface area contributed by atoms with E-state index in [4.69, 9.17) is 0 Å². The van der Waals surface area contributed by atoms with Crippen molar-refractivity contribution in [2.75, 3.05) is 11.9 Å². The third-order valence-electron chi connectivity index (χ3n) is 2.34. The van der Waals surface area contributed by atoms with Crippen molar-refractivity contribution >= 4 is 17.5 Å². The Kier molecular flexibility index (Phi) is 5.36. The van der Waals surface area contributed by atoms with E-state index in [0.29, 0.717) is 30.1 Å². The van der Waals surface area contributed by atoms with E-state index in [9.17, 15) is 9.59 Å². The van der Waals surface area contributed by atoms with Crippen molar-refractivity contribution < 1.29 is 9.59 Å². The molecule has 0 aliphatic heterocycles. The van der Waals surface area contributed by atoms with Gasteiger partial charge in [0.2, 0.25) is 5.91 Å². The fraction of sp³-hybridized carbons (Fsp3) is 0.429. The highest BCUT2D eigenvalue weighted by atomic mass is 16.2. The fourth-order valence-electron chi connectivity index (χ4n) is 1.58. The molecular weight excluding hydrogens is 228 g/mol. The Morgan fingerprint density at radius 1 is 1.28 bits per heavy atom. The molecule has 1 aromatic carbocycles. The van der Waals surface area contributed by atoms with Crippen molar-refractivity contribution in [3.8, 4) is 0 Å². The maximum Gasteiger partial charge on any atom is 0.251 e. The van der Waals surface area contributed by atoms with Gasteiger partial charge in [-0.15, -0.1) is 0 Å². The second-order valence-corrected chi connectivity index (χ2v) is 4.59. The molecule has 0 fully saturated rings. The van der Waals surface area contributed by atoms with E-state index in [-0.39, 0.29) is 11.8 Å². The van der Waals surface area contributed by atoms with Gasteiger partial charge in [-0.25, -0.2) is 0 Å². The van der Waals surface area contributed by atoms with Gasteiger partial charge in [-0.3, -0.25) is 9.59 Å². The van der Waals surface area contributed by atoms with Crippen LogP contribution in [0, 0.1) is 5.92 Å². The van der Waals surface area contributed by atoms with Gasteiger partial charge in [0.25, 0.3) is 5.91 Å². The van der Waals surface area contributed by atoms with Crippen LogP contribution in [0.4, 0.5) is 5.69 Å². The van der Waals surface area contributed by atoms with Gasteiger partial charge in [0.1, 0.15) is 0 Å². The molecule has 0 saturated carbocycles. The quantitative estimate of drug-likeness (QED) is 0.840. The maximum atomic E-state index is 11.6. The Bertz CT molecular complexity index is 428. The van der Waals surface area contributed by atoms with Crippen molar-refractivity contribution in [2.45, 2.75) is 27.2 Å². The minimum Gasteiger partial charge on any atom is -0.352 e. The normalized spacial score (nSPS) is 10.2. The summed E-state index contributed by atoms with van der Waals surface area (Å²) in [6.45, 7) is 6.43. The molecule has 0 bridgehead atoms. The lowest BCUT2D eigenvalue weighted by molar-refractivity contribution is -0.116. The number of hydrogen-bond donors (Lipinski definition) is 2. The van der Waals surface area contributed by atoms with Crippen molar-refractivity contribution in [2.24, 2.45) is 5.92 Å². The Hall–Kier alpha value is -1.84. The zero-order valence-electron chi connectivity index (χ0n) is 11.1. The van der Waals surface area contributed by atoms with Gasteiger partial charge in [0, 0.05) is 24.2 Å². The second kappa shape index (κ2) is 6.79. The number of carbonyl (C=O) groups is 2. The van der Waals surface area contributed by atoms with Gasteiger partial charge in [0.15, 0.2) is 0 Å². The first-order valence-electron chi connectivity index (χ1n) is 6.21. The van der Waals surface area contributed by atoms with Gasteiger partial charge in [-0.05, 0) is 31.0 Å². The van der Waals surface area contributed by atoms with Crippen molar-refractivity contribution in [1.29, 1.82) is 0 Å². The number of amides is 2. The molecule has 2 amide bonds. The first kappa shape index (κ1) is 14.2. The SMILES string of the molecule is CCNC(=O)c1cccc(NC(=O)CC(C)C)c1. The van der Waals surface area contributed by atoms with Gasteiger partial charge in [-0.1, -0.05) is 19.9 Å². The predicted octanol–water partition coefficient (Wildman–Crippen LogP) is 2.42. The number of rotatable bonds is 5. The second-order valence-electron chi connectivity index (χ2n) is 4.59.